The zero-order valence-electron chi connectivity index (χ0n) is 17.0. The standard InChI is InChI=1S/C22H47N/c1-5-9-13-17-21(15-11-7-3)19-23-20-22(16-12-8-4)18-14-10-6-2/h21-23H,5-20H2,1-4H3. The van der Waals surface area contributed by atoms with Crippen LogP contribution in [0, 0.1) is 11.8 Å². The van der Waals surface area contributed by atoms with Gasteiger partial charge in [-0.25, -0.2) is 0 Å². The van der Waals surface area contributed by atoms with Crippen molar-refractivity contribution in [2.45, 2.75) is 118 Å². The molecular weight excluding hydrogens is 278 g/mol. The average Bonchev–Trinajstić information content (AvgIpc) is 2.56. The van der Waals surface area contributed by atoms with Crippen molar-refractivity contribution in [1.82, 2.24) is 5.32 Å². The number of unbranched alkanes of at least 4 members (excludes halogenated alkanes) is 6. The van der Waals surface area contributed by atoms with Gasteiger partial charge in [0, 0.05) is 0 Å². The molecule has 0 fully saturated rings. The Labute approximate surface area is 148 Å². The molecule has 2 atom stereocenters. The van der Waals surface area contributed by atoms with E-state index in [1.54, 1.807) is 0 Å². The van der Waals surface area contributed by atoms with Crippen molar-refractivity contribution in [3.05, 3.63) is 0 Å². The maximum atomic E-state index is 3.86. The van der Waals surface area contributed by atoms with Crippen molar-refractivity contribution in [3.8, 4) is 0 Å². The Kier molecular flexibility index (Phi) is 18.3. The summed E-state index contributed by atoms with van der Waals surface area (Å²) >= 11 is 0. The molecule has 0 radical (unpaired) electrons. The molecule has 0 spiro atoms. The van der Waals surface area contributed by atoms with E-state index in [9.17, 15) is 0 Å². The van der Waals surface area contributed by atoms with E-state index in [4.69, 9.17) is 0 Å². The second kappa shape index (κ2) is 18.3. The molecule has 0 saturated heterocycles. The van der Waals surface area contributed by atoms with Gasteiger partial charge in [-0.1, -0.05) is 91.9 Å². The third-order valence-electron chi connectivity index (χ3n) is 5.23. The minimum absolute atomic E-state index is 0.920. The molecule has 0 bridgehead atoms. The van der Waals surface area contributed by atoms with Gasteiger partial charge in [-0.3, -0.25) is 0 Å². The van der Waals surface area contributed by atoms with E-state index < -0.39 is 0 Å². The molecule has 0 aliphatic heterocycles. The van der Waals surface area contributed by atoms with E-state index in [1.165, 1.54) is 103 Å². The van der Waals surface area contributed by atoms with Crippen molar-refractivity contribution >= 4 is 0 Å². The lowest BCUT2D eigenvalue weighted by Gasteiger charge is -2.21. The van der Waals surface area contributed by atoms with Crippen LogP contribution in [0.2, 0.25) is 0 Å². The summed E-state index contributed by atoms with van der Waals surface area (Å²) in [4.78, 5) is 0. The predicted octanol–water partition coefficient (Wildman–Crippen LogP) is 7.35. The molecular formula is C22H47N. The molecule has 0 aromatic heterocycles. The highest BCUT2D eigenvalue weighted by molar-refractivity contribution is 4.67. The summed E-state index contributed by atoms with van der Waals surface area (Å²) in [5, 5.41) is 3.86. The van der Waals surface area contributed by atoms with Gasteiger partial charge < -0.3 is 5.32 Å². The van der Waals surface area contributed by atoms with Gasteiger partial charge in [0.05, 0.1) is 0 Å². The molecule has 0 heterocycles. The Morgan fingerprint density at radius 2 is 0.826 bits per heavy atom. The van der Waals surface area contributed by atoms with Crippen LogP contribution in [0.3, 0.4) is 0 Å². The third kappa shape index (κ3) is 15.2. The average molecular weight is 326 g/mol. The third-order valence-corrected chi connectivity index (χ3v) is 5.23. The van der Waals surface area contributed by atoms with Gasteiger partial charge in [0.25, 0.3) is 0 Å². The fraction of sp³-hybridized carbons (Fsp3) is 1.00. The van der Waals surface area contributed by atoms with Crippen LogP contribution < -0.4 is 5.32 Å². The van der Waals surface area contributed by atoms with Gasteiger partial charge in [-0.15, -0.1) is 0 Å². The lowest BCUT2D eigenvalue weighted by molar-refractivity contribution is 0.347. The van der Waals surface area contributed by atoms with E-state index >= 15 is 0 Å². The van der Waals surface area contributed by atoms with Gasteiger partial charge in [0.2, 0.25) is 0 Å². The first kappa shape index (κ1) is 23.0. The molecule has 0 amide bonds. The van der Waals surface area contributed by atoms with Crippen LogP contribution in [-0.2, 0) is 0 Å². The maximum Gasteiger partial charge on any atom is -0.00204 e. The molecule has 1 N–H and O–H groups in total. The van der Waals surface area contributed by atoms with E-state index in [2.05, 4.69) is 33.0 Å². The second-order valence-corrected chi connectivity index (χ2v) is 7.67. The molecule has 0 rings (SSSR count). The highest BCUT2D eigenvalue weighted by Crippen LogP contribution is 2.18. The number of hydrogen-bond donors (Lipinski definition) is 1. The van der Waals surface area contributed by atoms with Crippen LogP contribution in [0.4, 0.5) is 0 Å². The molecule has 0 aliphatic rings. The zero-order valence-corrected chi connectivity index (χ0v) is 17.0. The van der Waals surface area contributed by atoms with Gasteiger partial charge in [0.1, 0.15) is 0 Å². The molecule has 2 unspecified atom stereocenters. The fourth-order valence-corrected chi connectivity index (χ4v) is 3.54. The van der Waals surface area contributed by atoms with Crippen molar-refractivity contribution in [2.24, 2.45) is 11.8 Å². The van der Waals surface area contributed by atoms with Crippen LogP contribution in [0.25, 0.3) is 0 Å². The molecule has 0 aromatic rings. The lowest BCUT2D eigenvalue weighted by Crippen LogP contribution is -2.28. The Morgan fingerprint density at radius 3 is 1.17 bits per heavy atom. The van der Waals surface area contributed by atoms with E-state index in [-0.39, 0.29) is 0 Å². The lowest BCUT2D eigenvalue weighted by atomic mass is 9.93. The first-order valence-corrected chi connectivity index (χ1v) is 11.0. The topological polar surface area (TPSA) is 12.0 Å². The van der Waals surface area contributed by atoms with Crippen LogP contribution in [0.1, 0.15) is 118 Å². The number of nitrogens with one attached hydrogen (secondary N) is 1. The zero-order chi connectivity index (χ0) is 17.2. The SMILES string of the molecule is CCCCCC(CCCC)CNCC(CCCC)CCCCC. The molecule has 0 aliphatic carbocycles. The van der Waals surface area contributed by atoms with Gasteiger partial charge in [0.15, 0.2) is 0 Å². The van der Waals surface area contributed by atoms with Gasteiger partial charge in [-0.05, 0) is 50.6 Å². The second-order valence-electron chi connectivity index (χ2n) is 7.67. The maximum absolute atomic E-state index is 3.86. The fourth-order valence-electron chi connectivity index (χ4n) is 3.54. The van der Waals surface area contributed by atoms with Crippen LogP contribution in [0.5, 0.6) is 0 Å². The Bertz CT molecular complexity index is 192. The summed E-state index contributed by atoms with van der Waals surface area (Å²) in [7, 11) is 0. The predicted molar refractivity (Wildman–Crippen MR) is 107 cm³/mol. The van der Waals surface area contributed by atoms with Gasteiger partial charge in [-0.2, -0.15) is 0 Å². The van der Waals surface area contributed by atoms with Crippen molar-refractivity contribution < 1.29 is 0 Å². The Hall–Kier alpha value is -0.0400. The largest absolute Gasteiger partial charge is 0.316 e. The van der Waals surface area contributed by atoms with E-state index in [0.29, 0.717) is 0 Å². The molecule has 0 saturated carbocycles. The molecule has 140 valence electrons. The van der Waals surface area contributed by atoms with Crippen LogP contribution in [0.15, 0.2) is 0 Å². The van der Waals surface area contributed by atoms with Crippen LogP contribution >= 0.6 is 0 Å². The summed E-state index contributed by atoms with van der Waals surface area (Å²) in [5.74, 6) is 1.84. The molecule has 0 aromatic carbocycles. The van der Waals surface area contributed by atoms with Crippen molar-refractivity contribution in [2.75, 3.05) is 13.1 Å². The van der Waals surface area contributed by atoms with E-state index in [1.807, 2.05) is 0 Å². The van der Waals surface area contributed by atoms with Crippen LogP contribution in [-0.4, -0.2) is 13.1 Å². The first-order valence-electron chi connectivity index (χ1n) is 11.0. The summed E-state index contributed by atoms with van der Waals surface area (Å²) < 4.78 is 0. The molecule has 1 nitrogen and oxygen atoms in total. The summed E-state index contributed by atoms with van der Waals surface area (Å²) in [5.41, 5.74) is 0. The minimum Gasteiger partial charge on any atom is -0.316 e. The summed E-state index contributed by atoms with van der Waals surface area (Å²) in [6.07, 6.45) is 19.7. The highest BCUT2D eigenvalue weighted by Gasteiger charge is 2.11. The summed E-state index contributed by atoms with van der Waals surface area (Å²) in [6, 6.07) is 0. The normalized spacial score (nSPS) is 14.1. The smallest absolute Gasteiger partial charge is 0.00204 e. The molecule has 23 heavy (non-hydrogen) atoms. The van der Waals surface area contributed by atoms with E-state index in [0.717, 1.165) is 11.8 Å². The monoisotopic (exact) mass is 325 g/mol. The molecule has 1 heteroatoms. The first-order chi connectivity index (χ1) is 11.3. The van der Waals surface area contributed by atoms with Crippen molar-refractivity contribution in [1.29, 1.82) is 0 Å². The quantitative estimate of drug-likeness (QED) is 0.260. The Morgan fingerprint density at radius 1 is 0.478 bits per heavy atom. The Balaban J connectivity index is 4.03. The number of rotatable bonds is 18. The van der Waals surface area contributed by atoms with Gasteiger partial charge >= 0.3 is 0 Å². The highest BCUT2D eigenvalue weighted by atomic mass is 14.9. The number of hydrogen-bond acceptors (Lipinski definition) is 1. The minimum atomic E-state index is 0.920. The van der Waals surface area contributed by atoms with Crippen molar-refractivity contribution in [3.63, 3.8) is 0 Å². The summed E-state index contributed by atoms with van der Waals surface area (Å²) in [6.45, 7) is 11.8.